The first-order chi connectivity index (χ1) is 20.0. The van der Waals surface area contributed by atoms with Gasteiger partial charge in [-0.2, -0.15) is 15.2 Å². The predicted octanol–water partition coefficient (Wildman–Crippen LogP) is 4.38. The van der Waals surface area contributed by atoms with Gasteiger partial charge in [0.2, 0.25) is 0 Å². The van der Waals surface area contributed by atoms with Gasteiger partial charge in [0.15, 0.2) is 5.82 Å². The molecule has 3 fully saturated rings. The van der Waals surface area contributed by atoms with E-state index in [9.17, 15) is 5.26 Å². The van der Waals surface area contributed by atoms with Crippen LogP contribution >= 0.6 is 11.3 Å². The molecule has 3 atom stereocenters. The Balaban J connectivity index is 1.39. The van der Waals surface area contributed by atoms with Crippen molar-refractivity contribution in [3.05, 3.63) is 40.5 Å². The monoisotopic (exact) mass is 576 g/mol. The van der Waals surface area contributed by atoms with Gasteiger partial charge in [-0.1, -0.05) is 0 Å². The lowest BCUT2D eigenvalue weighted by Gasteiger charge is -2.54. The quantitative estimate of drug-likeness (QED) is 0.357. The molecule has 2 unspecified atom stereocenters. The number of nitriles is 1. The number of nitrogen functional groups attached to an aromatic ring is 1. The van der Waals surface area contributed by atoms with E-state index in [1.165, 1.54) is 17.4 Å². The molecule has 2 bridgehead atoms. The van der Waals surface area contributed by atoms with Crippen LogP contribution in [-0.2, 0) is 22.7 Å². The van der Waals surface area contributed by atoms with Crippen LogP contribution < -0.4 is 20.7 Å². The number of thiophene rings is 1. The van der Waals surface area contributed by atoms with Crippen molar-refractivity contribution in [3.8, 4) is 23.2 Å². The summed E-state index contributed by atoms with van der Waals surface area (Å²) >= 11 is 1.18. The van der Waals surface area contributed by atoms with Crippen molar-refractivity contribution < 1.29 is 23.0 Å². The van der Waals surface area contributed by atoms with Crippen molar-refractivity contribution in [1.82, 2.24) is 15.3 Å². The molecule has 0 spiro atoms. The molecule has 6 heterocycles. The number of ether oxygens (including phenoxy) is 3. The number of aromatic nitrogens is 2. The fourth-order valence-corrected chi connectivity index (χ4v) is 7.74. The van der Waals surface area contributed by atoms with Gasteiger partial charge >= 0.3 is 6.01 Å². The molecule has 0 amide bonds. The summed E-state index contributed by atoms with van der Waals surface area (Å²) in [6.45, 7) is 2.85. The van der Waals surface area contributed by atoms with Crippen molar-refractivity contribution in [2.45, 2.75) is 50.7 Å². The number of nitrogens with two attached hydrogens (primary N) is 1. The smallest absolute Gasteiger partial charge is 0.319 e. The minimum absolute atomic E-state index is 0.000144. The van der Waals surface area contributed by atoms with Crippen molar-refractivity contribution >= 4 is 43.1 Å². The highest BCUT2D eigenvalue weighted by molar-refractivity contribution is 7.23. The lowest BCUT2D eigenvalue weighted by Crippen LogP contribution is -2.68. The van der Waals surface area contributed by atoms with E-state index in [0.717, 1.165) is 37.9 Å². The number of piperidine rings is 1. The molecule has 0 radical (unpaired) electrons. The van der Waals surface area contributed by atoms with Gasteiger partial charge < -0.3 is 30.2 Å². The Morgan fingerprint density at radius 2 is 1.98 bits per heavy atom. The largest absolute Gasteiger partial charge is 0.461 e. The van der Waals surface area contributed by atoms with Crippen molar-refractivity contribution in [3.63, 3.8) is 0 Å². The molecule has 0 aliphatic carbocycles. The maximum atomic E-state index is 17.0. The van der Waals surface area contributed by atoms with Gasteiger partial charge in [-0.15, -0.1) is 11.3 Å². The minimum atomic E-state index is -0.696. The summed E-state index contributed by atoms with van der Waals surface area (Å²) in [4.78, 5) is 11.6. The lowest BCUT2D eigenvalue weighted by molar-refractivity contribution is 0.0646. The zero-order valence-electron chi connectivity index (χ0n) is 22.0. The van der Waals surface area contributed by atoms with Gasteiger partial charge in [-0.25, -0.2) is 8.78 Å². The van der Waals surface area contributed by atoms with Crippen LogP contribution in [-0.4, -0.2) is 54.5 Å². The van der Waals surface area contributed by atoms with E-state index in [-0.39, 0.29) is 71.2 Å². The summed E-state index contributed by atoms with van der Waals surface area (Å²) in [5, 5.41) is 14.4. The number of benzene rings is 2. The fourth-order valence-electron chi connectivity index (χ4n) is 6.81. The fraction of sp³-hybridized carbons (Fsp3) is 0.414. The van der Waals surface area contributed by atoms with Crippen molar-refractivity contribution in [1.29, 1.82) is 5.26 Å². The summed E-state index contributed by atoms with van der Waals surface area (Å²) in [5.41, 5.74) is 7.62. The van der Waals surface area contributed by atoms with E-state index in [2.05, 4.69) is 21.3 Å². The lowest BCUT2D eigenvalue weighted by atomic mass is 9.86. The highest BCUT2D eigenvalue weighted by Gasteiger charge is 2.44. The number of piperazine rings is 1. The Kier molecular flexibility index (Phi) is 5.79. The van der Waals surface area contributed by atoms with Crippen LogP contribution in [0.25, 0.3) is 32.1 Å². The molecule has 4 aliphatic rings. The second kappa shape index (κ2) is 9.46. The molecule has 12 heteroatoms. The third-order valence-electron chi connectivity index (χ3n) is 8.71. The van der Waals surface area contributed by atoms with Crippen LogP contribution in [0, 0.1) is 23.0 Å². The predicted molar refractivity (Wildman–Crippen MR) is 150 cm³/mol. The second-order valence-electron chi connectivity index (χ2n) is 11.0. The zero-order valence-corrected chi connectivity index (χ0v) is 22.8. The maximum Gasteiger partial charge on any atom is 0.319 e. The first kappa shape index (κ1) is 25.1. The number of nitrogens with one attached hydrogen (secondary N) is 1. The average Bonchev–Trinajstić information content (AvgIpc) is 3.73. The molecule has 4 aromatic rings. The molecule has 0 saturated carbocycles. The highest BCUT2D eigenvalue weighted by Crippen LogP contribution is 2.49. The molecule has 41 heavy (non-hydrogen) atoms. The molecule has 210 valence electrons. The van der Waals surface area contributed by atoms with Crippen LogP contribution in [0.5, 0.6) is 6.01 Å². The average molecular weight is 577 g/mol. The topological polar surface area (TPSA) is 119 Å². The summed E-state index contributed by atoms with van der Waals surface area (Å²) in [7, 11) is 0. The highest BCUT2D eigenvalue weighted by atomic mass is 32.1. The second-order valence-corrected chi connectivity index (χ2v) is 12.1. The zero-order chi connectivity index (χ0) is 27.8. The van der Waals surface area contributed by atoms with Crippen molar-refractivity contribution in [2.75, 3.05) is 36.9 Å². The number of rotatable bonds is 5. The molecule has 8 rings (SSSR count). The number of nitrogens with zero attached hydrogens (tertiary/aromatic N) is 4. The third-order valence-corrected chi connectivity index (χ3v) is 9.69. The Labute approximate surface area is 237 Å². The van der Waals surface area contributed by atoms with Crippen LogP contribution in [0.4, 0.5) is 19.6 Å². The first-order valence-corrected chi connectivity index (χ1v) is 14.6. The first-order valence-electron chi connectivity index (χ1n) is 13.8. The van der Waals surface area contributed by atoms with E-state index in [1.54, 1.807) is 6.07 Å². The van der Waals surface area contributed by atoms with E-state index >= 15 is 8.78 Å². The Hall–Kier alpha value is -3.63. The van der Waals surface area contributed by atoms with Gasteiger partial charge in [0, 0.05) is 53.0 Å². The Bertz CT molecular complexity index is 1770. The minimum Gasteiger partial charge on any atom is -0.461 e. The number of hydrogen-bond donors (Lipinski definition) is 2. The summed E-state index contributed by atoms with van der Waals surface area (Å²) in [6, 6.07) is 5.44. The van der Waals surface area contributed by atoms with Crippen LogP contribution in [0.3, 0.4) is 0 Å². The number of hydrogen-bond acceptors (Lipinski definition) is 10. The Morgan fingerprint density at radius 1 is 1.15 bits per heavy atom. The Morgan fingerprint density at radius 3 is 2.73 bits per heavy atom. The number of fused-ring (bicyclic) bond motifs is 6. The standard InChI is InChI=1S/C29H26F2N6O3S/c30-19-3-4-20-21(16(7-32)27(33)41-20)24(19)22-17-11-38-12-18(17)23-26(25(22)31)35-29(40-10-15-2-1-5-39-15)36-28(23)37-13-6-14(37)9-34-8-13/h3-4,13-15,34H,1-2,5-6,8-12,33H2/t13?,14?,15-/m1/s1. The molecule has 2 aromatic heterocycles. The van der Waals surface area contributed by atoms with E-state index in [1.807, 2.05) is 0 Å². The van der Waals surface area contributed by atoms with E-state index in [4.69, 9.17) is 24.9 Å². The van der Waals surface area contributed by atoms with E-state index < -0.39 is 11.6 Å². The van der Waals surface area contributed by atoms with Gasteiger partial charge in [-0.3, -0.25) is 0 Å². The molecule has 2 aromatic carbocycles. The molecule has 3 N–H and O–H groups in total. The molecular weight excluding hydrogens is 550 g/mol. The normalized spacial score (nSPS) is 23.1. The van der Waals surface area contributed by atoms with Gasteiger partial charge in [0.25, 0.3) is 0 Å². The SMILES string of the molecule is N#Cc1c(N)sc2ccc(F)c(-c3c4c(c5c(N6C7CNCC6C7)nc(OC[C@H]6CCCO6)nc5c3F)COC4)c12. The number of halogens is 2. The van der Waals surface area contributed by atoms with Crippen LogP contribution in [0.15, 0.2) is 12.1 Å². The van der Waals surface area contributed by atoms with Crippen molar-refractivity contribution in [2.24, 2.45) is 0 Å². The molecule has 3 saturated heterocycles. The van der Waals surface area contributed by atoms with E-state index in [0.29, 0.717) is 33.5 Å². The third kappa shape index (κ3) is 3.73. The summed E-state index contributed by atoms with van der Waals surface area (Å²) < 4.78 is 50.9. The van der Waals surface area contributed by atoms with Gasteiger partial charge in [-0.05, 0) is 42.5 Å². The summed E-state index contributed by atoms with van der Waals surface area (Å²) in [6.07, 6.45) is 2.79. The molecule has 4 aliphatic heterocycles. The van der Waals surface area contributed by atoms with Crippen LogP contribution in [0.2, 0.25) is 0 Å². The summed E-state index contributed by atoms with van der Waals surface area (Å²) in [5.74, 6) is -0.728. The van der Waals surface area contributed by atoms with Gasteiger partial charge in [0.1, 0.15) is 34.8 Å². The van der Waals surface area contributed by atoms with Gasteiger partial charge in [0.05, 0.1) is 30.3 Å². The molecular formula is C29H26F2N6O3S. The maximum absolute atomic E-state index is 17.0. The number of anilines is 2. The van der Waals surface area contributed by atoms with Crippen LogP contribution in [0.1, 0.15) is 36.0 Å². The molecule has 9 nitrogen and oxygen atoms in total.